The van der Waals surface area contributed by atoms with Gasteiger partial charge in [0.1, 0.15) is 37.0 Å². The number of ether oxygens (including phenoxy) is 1. The zero-order valence-electron chi connectivity index (χ0n) is 23.8. The third-order valence-corrected chi connectivity index (χ3v) is 9.44. The molecular formula is C28H33F3N5O5S2+. The number of carboxylic acids is 1. The Labute approximate surface area is 256 Å². The van der Waals surface area contributed by atoms with E-state index >= 15 is 8.78 Å². The quantitative estimate of drug-likeness (QED) is 0.204. The summed E-state index contributed by atoms with van der Waals surface area (Å²) in [6.45, 7) is 3.77. The lowest BCUT2D eigenvalue weighted by atomic mass is 9.92. The number of amidine groups is 1. The van der Waals surface area contributed by atoms with Crippen LogP contribution in [0.1, 0.15) is 42.4 Å². The van der Waals surface area contributed by atoms with Gasteiger partial charge in [0.25, 0.3) is 0 Å². The number of carbonyl (C=O) groups is 2. The molecule has 0 radical (unpaired) electrons. The van der Waals surface area contributed by atoms with Crippen LogP contribution in [-0.4, -0.2) is 87.7 Å². The Bertz CT molecular complexity index is 1460. The van der Waals surface area contributed by atoms with Crippen molar-refractivity contribution >= 4 is 41.9 Å². The number of nitrogens with zero attached hydrogens (tertiary/aromatic N) is 4. The molecule has 3 aliphatic rings. The number of aromatic nitrogens is 1. The number of fused-ring (bicyclic) bond motifs is 1. The van der Waals surface area contributed by atoms with Crippen LogP contribution < -0.4 is 5.32 Å². The van der Waals surface area contributed by atoms with Gasteiger partial charge in [-0.1, -0.05) is 19.1 Å². The second-order valence-corrected chi connectivity index (χ2v) is 12.3. The van der Waals surface area contributed by atoms with Gasteiger partial charge in [0.2, 0.25) is 6.04 Å². The van der Waals surface area contributed by atoms with Gasteiger partial charge in [-0.15, -0.1) is 15.4 Å². The highest BCUT2D eigenvalue weighted by Crippen LogP contribution is 2.47. The van der Waals surface area contributed by atoms with Crippen LogP contribution in [0.5, 0.6) is 0 Å². The summed E-state index contributed by atoms with van der Waals surface area (Å²) in [5.41, 5.74) is 1.06. The van der Waals surface area contributed by atoms with Gasteiger partial charge >= 0.3 is 17.9 Å². The fourth-order valence-electron chi connectivity index (χ4n) is 6.01. The number of thiazole rings is 1. The van der Waals surface area contributed by atoms with Crippen molar-refractivity contribution < 1.29 is 41.5 Å². The second-order valence-electron chi connectivity index (χ2n) is 10.8. The lowest BCUT2D eigenvalue weighted by Crippen LogP contribution is -2.55. The molecule has 0 saturated carbocycles. The monoisotopic (exact) mass is 640 g/mol. The molecule has 5 rings (SSSR count). The topological polar surface area (TPSA) is 113 Å². The van der Waals surface area contributed by atoms with E-state index in [1.807, 2.05) is 0 Å². The van der Waals surface area contributed by atoms with Crippen LogP contribution in [0.2, 0.25) is 0 Å². The fraction of sp³-hybridized carbons (Fsp3) is 0.500. The first-order valence-corrected chi connectivity index (χ1v) is 15.2. The highest BCUT2D eigenvalue weighted by Gasteiger charge is 2.69. The smallest absolute Gasteiger partial charge is 0.338 e. The van der Waals surface area contributed by atoms with Crippen LogP contribution in [0.4, 0.5) is 13.2 Å². The van der Waals surface area contributed by atoms with Crippen LogP contribution >= 0.6 is 24.2 Å². The molecule has 4 heterocycles. The number of likely N-dealkylation sites (tertiary alicyclic amines) is 1. The molecule has 0 amide bonds. The summed E-state index contributed by atoms with van der Waals surface area (Å²) in [5.74, 6) is -6.20. The van der Waals surface area contributed by atoms with E-state index in [0.29, 0.717) is 16.4 Å². The number of hydrogen-bond acceptors (Lipinski definition) is 10. The number of halogens is 3. The number of hydrogen-bond donors (Lipinski definition) is 3. The number of carbonyl (C=O) groups excluding carboxylic acids is 1. The predicted octanol–water partition coefficient (Wildman–Crippen LogP) is 3.90. The molecule has 2 N–H and O–H groups in total. The van der Waals surface area contributed by atoms with Gasteiger partial charge in [-0.05, 0) is 37.5 Å². The van der Waals surface area contributed by atoms with Gasteiger partial charge in [-0.2, -0.15) is 13.6 Å². The normalized spacial score (nSPS) is 27.4. The summed E-state index contributed by atoms with van der Waals surface area (Å²) in [6, 6.07) is 1.21. The van der Waals surface area contributed by atoms with Crippen molar-refractivity contribution in [1.82, 2.24) is 15.2 Å². The van der Waals surface area contributed by atoms with Gasteiger partial charge in [-0.3, -0.25) is 14.7 Å². The summed E-state index contributed by atoms with van der Waals surface area (Å²) < 4.78 is 50.7. The van der Waals surface area contributed by atoms with Crippen LogP contribution in [-0.2, 0) is 19.2 Å². The average molecular weight is 641 g/mol. The standard InChI is InChI=1S/C28H32F3N5O5S2/c1-4-16(26(37)38)12-36(42)23-20(13-41-36)35(14-28(23,30)31)11-19-21(27(39)40-5-2)22(17-7-6-8-18(29)15(17)3)34-24(33-19)25-32-9-10-43-25/h6-10,16,20,22-23,42H,4-5,11-14H2,1-3H3,(H-,33,34,37,38,39)/p+1/t16-,20+,22-,23-,36?/m0/s1. The third-order valence-electron chi connectivity index (χ3n) is 8.13. The second kappa shape index (κ2) is 12.2. The highest BCUT2D eigenvalue weighted by molar-refractivity contribution is 7.74. The van der Waals surface area contributed by atoms with Gasteiger partial charge in [0, 0.05) is 23.8 Å². The number of carboxylic acid groups (broad SMARTS) is 1. The molecule has 1 aromatic carbocycles. The van der Waals surface area contributed by atoms with Crippen molar-refractivity contribution in [2.45, 2.75) is 51.2 Å². The van der Waals surface area contributed by atoms with Crippen LogP contribution in [0.25, 0.3) is 0 Å². The van der Waals surface area contributed by atoms with Gasteiger partial charge in [0.15, 0.2) is 10.8 Å². The maximum Gasteiger partial charge on any atom is 0.338 e. The first-order chi connectivity index (χ1) is 20.4. The first-order valence-electron chi connectivity index (χ1n) is 13.9. The van der Waals surface area contributed by atoms with Crippen molar-refractivity contribution in [3.8, 4) is 0 Å². The van der Waals surface area contributed by atoms with Gasteiger partial charge < -0.3 is 15.2 Å². The van der Waals surface area contributed by atoms with E-state index in [2.05, 4.69) is 23.1 Å². The maximum absolute atomic E-state index is 15.7. The lowest BCUT2D eigenvalue weighted by molar-refractivity contribution is -1.00. The predicted molar refractivity (Wildman–Crippen MR) is 155 cm³/mol. The molecule has 1 aromatic heterocycles. The van der Waals surface area contributed by atoms with Crippen LogP contribution in [0, 0.1) is 18.7 Å². The molecule has 1 unspecified atom stereocenters. The molecule has 0 spiro atoms. The van der Waals surface area contributed by atoms with E-state index < -0.39 is 58.3 Å². The minimum atomic E-state index is -3.29. The van der Waals surface area contributed by atoms with E-state index in [4.69, 9.17) is 14.6 Å². The Kier molecular flexibility index (Phi) is 8.91. The van der Waals surface area contributed by atoms with Gasteiger partial charge in [0.05, 0.1) is 31.5 Å². The van der Waals surface area contributed by atoms with Crippen molar-refractivity contribution in [1.29, 1.82) is 0 Å². The van der Waals surface area contributed by atoms with E-state index in [9.17, 15) is 19.1 Å². The fourth-order valence-corrected chi connectivity index (χ4v) is 7.19. The third kappa shape index (κ3) is 5.92. The van der Waals surface area contributed by atoms with E-state index in [-0.39, 0.29) is 49.6 Å². The van der Waals surface area contributed by atoms with Crippen LogP contribution in [0.3, 0.4) is 0 Å². The number of quaternary nitrogens is 1. The maximum atomic E-state index is 15.7. The molecule has 3 aliphatic heterocycles. The molecule has 0 bridgehead atoms. The van der Waals surface area contributed by atoms with E-state index in [1.54, 1.807) is 38.4 Å². The zero-order valence-corrected chi connectivity index (χ0v) is 25.5. The molecule has 2 aromatic rings. The minimum absolute atomic E-state index is 0.0513. The number of benzene rings is 1. The number of thiol groups is 1. The van der Waals surface area contributed by atoms with Crippen molar-refractivity contribution in [3.05, 3.63) is 63.0 Å². The molecule has 0 aliphatic carbocycles. The van der Waals surface area contributed by atoms with Crippen molar-refractivity contribution in [2.75, 3.05) is 32.8 Å². The highest BCUT2D eigenvalue weighted by atomic mass is 32.1. The van der Waals surface area contributed by atoms with E-state index in [0.717, 1.165) is 0 Å². The van der Waals surface area contributed by atoms with Crippen LogP contribution in [0.15, 0.2) is 46.0 Å². The Morgan fingerprint density at radius 1 is 1.37 bits per heavy atom. The lowest BCUT2D eigenvalue weighted by Gasteiger charge is -2.33. The number of hydroxylamine groups is 2. The first kappa shape index (κ1) is 31.4. The number of nitrogens with one attached hydrogen (secondary N) is 1. The summed E-state index contributed by atoms with van der Waals surface area (Å²) in [4.78, 5) is 41.5. The SMILES string of the molecule is CCOC(=O)C1=C(CN2CC(F)(F)[C@@H]3[C@H]2CO[N+]3(S)C[C@H](CC)C(=O)O)NC(c2nccs2)=N[C@H]1c1cccc(F)c1C. The summed E-state index contributed by atoms with van der Waals surface area (Å²) >= 11 is 5.75. The number of rotatable bonds is 10. The molecule has 232 valence electrons. The average Bonchev–Trinajstić information content (AvgIpc) is 3.67. The molecule has 15 heteroatoms. The Balaban J connectivity index is 1.56. The minimum Gasteiger partial charge on any atom is -0.481 e. The number of esters is 1. The Morgan fingerprint density at radius 3 is 2.79 bits per heavy atom. The number of alkyl halides is 2. The molecule has 10 nitrogen and oxygen atoms in total. The largest absolute Gasteiger partial charge is 0.481 e. The summed E-state index contributed by atoms with van der Waals surface area (Å²) in [7, 11) is 0. The molecule has 43 heavy (non-hydrogen) atoms. The Hall–Kier alpha value is -2.98. The Morgan fingerprint density at radius 2 is 2.14 bits per heavy atom. The zero-order chi connectivity index (χ0) is 31.1. The van der Waals surface area contributed by atoms with Crippen molar-refractivity contribution in [2.24, 2.45) is 10.9 Å². The molecule has 5 atom stereocenters. The van der Waals surface area contributed by atoms with Gasteiger partial charge in [-0.25, -0.2) is 14.2 Å². The van der Waals surface area contributed by atoms with E-state index in [1.165, 1.54) is 28.4 Å². The molecule has 2 fully saturated rings. The number of aliphatic imine (C=N–C) groups is 1. The molecular weight excluding hydrogens is 607 g/mol. The van der Waals surface area contributed by atoms with Crippen molar-refractivity contribution in [3.63, 3.8) is 0 Å². The number of aliphatic carboxylic acids is 1. The summed E-state index contributed by atoms with van der Waals surface area (Å²) in [6.07, 6.45) is 1.81. The molecule has 2 saturated heterocycles. The summed E-state index contributed by atoms with van der Waals surface area (Å²) in [5, 5.41) is 15.0.